The second-order valence-corrected chi connectivity index (χ2v) is 6.28. The monoisotopic (exact) mass is 253 g/mol. The van der Waals surface area contributed by atoms with Crippen molar-refractivity contribution in [1.29, 1.82) is 5.26 Å². The molecule has 0 amide bonds. The number of aryl methyl sites for hydroxylation is 1. The Bertz CT molecular complexity index is 546. The van der Waals surface area contributed by atoms with Gasteiger partial charge < -0.3 is 4.90 Å². The summed E-state index contributed by atoms with van der Waals surface area (Å²) in [4.78, 5) is 5.99. The van der Waals surface area contributed by atoms with Gasteiger partial charge in [-0.3, -0.25) is 0 Å². The van der Waals surface area contributed by atoms with Gasteiger partial charge >= 0.3 is 0 Å². The molecule has 0 bridgehead atoms. The summed E-state index contributed by atoms with van der Waals surface area (Å²) in [5, 5.41) is 8.84. The Labute approximate surface area is 102 Å². The average Bonchev–Trinajstić information content (AvgIpc) is 2.23. The zero-order valence-corrected chi connectivity index (χ0v) is 11.0. The molecular formula is C11H15N3O2S. The van der Waals surface area contributed by atoms with Crippen molar-refractivity contribution in [3.05, 3.63) is 23.4 Å². The molecule has 0 unspecified atom stereocenters. The summed E-state index contributed by atoms with van der Waals surface area (Å²) in [5.41, 5.74) is 1.27. The summed E-state index contributed by atoms with van der Waals surface area (Å²) in [6, 6.07) is 5.39. The fourth-order valence-electron chi connectivity index (χ4n) is 1.33. The molecule has 5 nitrogen and oxygen atoms in total. The maximum atomic E-state index is 11.1. The number of aromatic nitrogens is 1. The first-order valence-electron chi connectivity index (χ1n) is 5.09. The van der Waals surface area contributed by atoms with Crippen molar-refractivity contribution < 1.29 is 8.42 Å². The highest BCUT2D eigenvalue weighted by Crippen LogP contribution is 2.13. The molecule has 0 saturated heterocycles. The van der Waals surface area contributed by atoms with Crippen molar-refractivity contribution in [3.8, 4) is 6.07 Å². The fraction of sp³-hybridized carbons (Fsp3) is 0.455. The van der Waals surface area contributed by atoms with Crippen LogP contribution in [0.2, 0.25) is 0 Å². The van der Waals surface area contributed by atoms with E-state index in [1.165, 1.54) is 6.26 Å². The van der Waals surface area contributed by atoms with Gasteiger partial charge in [-0.25, -0.2) is 13.4 Å². The SMILES string of the molecule is Cc1cc(C#N)cc(N(C)CCS(C)(=O)=O)n1. The Kier molecular flexibility index (Phi) is 4.07. The number of anilines is 1. The number of sulfone groups is 1. The Morgan fingerprint density at radius 2 is 2.12 bits per heavy atom. The normalized spacial score (nSPS) is 10.9. The smallest absolute Gasteiger partial charge is 0.149 e. The lowest BCUT2D eigenvalue weighted by Crippen LogP contribution is -2.25. The van der Waals surface area contributed by atoms with Gasteiger partial charge in [-0.15, -0.1) is 0 Å². The van der Waals surface area contributed by atoms with Crippen molar-refractivity contribution >= 4 is 15.7 Å². The van der Waals surface area contributed by atoms with E-state index in [0.717, 1.165) is 5.69 Å². The van der Waals surface area contributed by atoms with Crippen molar-refractivity contribution in [1.82, 2.24) is 4.98 Å². The van der Waals surface area contributed by atoms with Gasteiger partial charge in [0.25, 0.3) is 0 Å². The second-order valence-electron chi connectivity index (χ2n) is 4.02. The maximum absolute atomic E-state index is 11.1. The summed E-state index contributed by atoms with van der Waals surface area (Å²) in [7, 11) is -1.23. The van der Waals surface area contributed by atoms with Crippen LogP contribution >= 0.6 is 0 Å². The molecular weight excluding hydrogens is 238 g/mol. The molecule has 17 heavy (non-hydrogen) atoms. The third-order valence-corrected chi connectivity index (χ3v) is 3.18. The van der Waals surface area contributed by atoms with E-state index in [4.69, 9.17) is 5.26 Å². The molecule has 1 aromatic rings. The van der Waals surface area contributed by atoms with Gasteiger partial charge in [0.2, 0.25) is 0 Å². The molecule has 1 rings (SSSR count). The highest BCUT2D eigenvalue weighted by Gasteiger charge is 2.08. The fourth-order valence-corrected chi connectivity index (χ4v) is 1.93. The van der Waals surface area contributed by atoms with E-state index in [1.807, 2.05) is 0 Å². The summed E-state index contributed by atoms with van der Waals surface area (Å²) in [6.45, 7) is 2.16. The van der Waals surface area contributed by atoms with Crippen LogP contribution < -0.4 is 4.90 Å². The van der Waals surface area contributed by atoms with E-state index in [2.05, 4.69) is 11.1 Å². The van der Waals surface area contributed by atoms with Crippen LogP contribution in [0.25, 0.3) is 0 Å². The number of hydrogen-bond acceptors (Lipinski definition) is 5. The highest BCUT2D eigenvalue weighted by molar-refractivity contribution is 7.90. The molecule has 92 valence electrons. The predicted octanol–water partition coefficient (Wildman–Crippen LogP) is 0.742. The third kappa shape index (κ3) is 4.41. The lowest BCUT2D eigenvalue weighted by atomic mass is 10.2. The van der Waals surface area contributed by atoms with Gasteiger partial charge in [0.1, 0.15) is 15.7 Å². The molecule has 6 heteroatoms. The Morgan fingerprint density at radius 3 is 2.65 bits per heavy atom. The molecule has 0 aliphatic carbocycles. The van der Waals surface area contributed by atoms with E-state index < -0.39 is 9.84 Å². The summed E-state index contributed by atoms with van der Waals surface area (Å²) >= 11 is 0. The van der Waals surface area contributed by atoms with Gasteiger partial charge in [-0.1, -0.05) is 0 Å². The van der Waals surface area contributed by atoms with Gasteiger partial charge in [-0.05, 0) is 19.1 Å². The van der Waals surface area contributed by atoms with Crippen molar-refractivity contribution in [2.24, 2.45) is 0 Å². The van der Waals surface area contributed by atoms with Crippen LogP contribution in [0.4, 0.5) is 5.82 Å². The number of nitriles is 1. The van der Waals surface area contributed by atoms with E-state index in [9.17, 15) is 8.42 Å². The lowest BCUT2D eigenvalue weighted by Gasteiger charge is -2.18. The zero-order chi connectivity index (χ0) is 13.1. The van der Waals surface area contributed by atoms with Crippen LogP contribution in [0.15, 0.2) is 12.1 Å². The molecule has 0 fully saturated rings. The minimum atomic E-state index is -2.99. The summed E-state index contributed by atoms with van der Waals surface area (Å²) in [6.07, 6.45) is 1.20. The Morgan fingerprint density at radius 1 is 1.47 bits per heavy atom. The van der Waals surface area contributed by atoms with Crippen LogP contribution in [0, 0.1) is 18.3 Å². The van der Waals surface area contributed by atoms with E-state index in [0.29, 0.717) is 17.9 Å². The minimum absolute atomic E-state index is 0.0704. The van der Waals surface area contributed by atoms with Crippen LogP contribution in [-0.2, 0) is 9.84 Å². The van der Waals surface area contributed by atoms with Crippen molar-refractivity contribution in [2.45, 2.75) is 6.92 Å². The summed E-state index contributed by atoms with van der Waals surface area (Å²) < 4.78 is 22.1. The maximum Gasteiger partial charge on any atom is 0.149 e. The lowest BCUT2D eigenvalue weighted by molar-refractivity contribution is 0.601. The highest BCUT2D eigenvalue weighted by atomic mass is 32.2. The molecule has 0 spiro atoms. The molecule has 0 atom stereocenters. The van der Waals surface area contributed by atoms with Gasteiger partial charge in [0.05, 0.1) is 17.4 Å². The third-order valence-electron chi connectivity index (χ3n) is 2.26. The summed E-state index contributed by atoms with van der Waals surface area (Å²) in [5.74, 6) is 0.686. The Balaban J connectivity index is 2.86. The Hall–Kier alpha value is -1.61. The predicted molar refractivity (Wildman–Crippen MR) is 66.7 cm³/mol. The molecule has 0 aliphatic heterocycles. The van der Waals surface area contributed by atoms with Crippen LogP contribution in [0.3, 0.4) is 0 Å². The second kappa shape index (κ2) is 5.15. The first kappa shape index (κ1) is 13.5. The van der Waals surface area contributed by atoms with Crippen LogP contribution in [-0.4, -0.2) is 39.0 Å². The van der Waals surface area contributed by atoms with Crippen molar-refractivity contribution in [2.75, 3.05) is 30.5 Å². The first-order valence-corrected chi connectivity index (χ1v) is 7.15. The zero-order valence-electron chi connectivity index (χ0n) is 10.1. The topological polar surface area (TPSA) is 74.1 Å². The average molecular weight is 253 g/mol. The van der Waals surface area contributed by atoms with Gasteiger partial charge in [-0.2, -0.15) is 5.26 Å². The van der Waals surface area contributed by atoms with Gasteiger partial charge in [0.15, 0.2) is 0 Å². The molecule has 0 radical (unpaired) electrons. The number of pyridine rings is 1. The first-order chi connectivity index (χ1) is 7.81. The largest absolute Gasteiger partial charge is 0.359 e. The number of hydrogen-bond donors (Lipinski definition) is 0. The van der Waals surface area contributed by atoms with Crippen LogP contribution in [0.1, 0.15) is 11.3 Å². The number of nitrogens with zero attached hydrogens (tertiary/aromatic N) is 3. The van der Waals surface area contributed by atoms with E-state index in [-0.39, 0.29) is 5.75 Å². The molecule has 0 saturated carbocycles. The van der Waals surface area contributed by atoms with Gasteiger partial charge in [0, 0.05) is 25.5 Å². The quantitative estimate of drug-likeness (QED) is 0.791. The molecule has 1 aromatic heterocycles. The molecule has 0 aliphatic rings. The van der Waals surface area contributed by atoms with E-state index in [1.54, 1.807) is 31.0 Å². The molecule has 1 heterocycles. The number of rotatable bonds is 4. The van der Waals surface area contributed by atoms with Crippen LogP contribution in [0.5, 0.6) is 0 Å². The molecule has 0 N–H and O–H groups in total. The van der Waals surface area contributed by atoms with E-state index >= 15 is 0 Å². The minimum Gasteiger partial charge on any atom is -0.359 e. The standard InChI is InChI=1S/C11H15N3O2S/c1-9-6-10(8-12)7-11(13-9)14(2)4-5-17(3,15)16/h6-7H,4-5H2,1-3H3. The van der Waals surface area contributed by atoms with Crippen molar-refractivity contribution in [3.63, 3.8) is 0 Å². The molecule has 0 aromatic carbocycles.